The zero-order chi connectivity index (χ0) is 21.0. The Morgan fingerprint density at radius 2 is 1.93 bits per heavy atom. The molecule has 2 aromatic heterocycles. The van der Waals surface area contributed by atoms with Gasteiger partial charge in [-0.15, -0.1) is 0 Å². The third-order valence-corrected chi connectivity index (χ3v) is 4.37. The van der Waals surface area contributed by atoms with Crippen molar-refractivity contribution in [1.82, 2.24) is 19.3 Å². The van der Waals surface area contributed by atoms with Gasteiger partial charge in [-0.3, -0.25) is 14.2 Å². The van der Waals surface area contributed by atoms with Gasteiger partial charge in [0.25, 0.3) is 5.56 Å². The van der Waals surface area contributed by atoms with E-state index in [2.05, 4.69) is 15.4 Å². The summed E-state index contributed by atoms with van der Waals surface area (Å²) in [5.74, 6) is 0.551. The Labute approximate surface area is 169 Å². The van der Waals surface area contributed by atoms with Gasteiger partial charge in [-0.2, -0.15) is 5.10 Å². The van der Waals surface area contributed by atoms with E-state index in [4.69, 9.17) is 4.74 Å². The lowest BCUT2D eigenvalue weighted by atomic mass is 10.3. The molecule has 0 fully saturated rings. The van der Waals surface area contributed by atoms with Crippen molar-refractivity contribution in [2.75, 3.05) is 11.9 Å². The number of benzene rings is 1. The van der Waals surface area contributed by atoms with E-state index in [1.165, 1.54) is 10.6 Å². The second-order valence-electron chi connectivity index (χ2n) is 6.64. The lowest BCUT2D eigenvalue weighted by molar-refractivity contribution is -0.116. The van der Waals surface area contributed by atoms with E-state index in [-0.39, 0.29) is 18.0 Å². The van der Waals surface area contributed by atoms with Crippen LogP contribution in [0.5, 0.6) is 5.75 Å². The standard InChI is InChI=1S/C21H25N5O3/c1-5-16-12-20(28)25(21(22-16)26-15(4)11-14(3)24-26)13-19(27)23-17-9-7-8-10-18(17)29-6-2/h7-12H,5-6,13H2,1-4H3,(H,23,27). The van der Waals surface area contributed by atoms with Crippen LogP contribution in [0.3, 0.4) is 0 Å². The second kappa shape index (κ2) is 8.72. The molecule has 2 heterocycles. The van der Waals surface area contributed by atoms with Crippen LogP contribution in [0.1, 0.15) is 30.9 Å². The van der Waals surface area contributed by atoms with E-state index >= 15 is 0 Å². The normalized spacial score (nSPS) is 10.8. The second-order valence-corrected chi connectivity index (χ2v) is 6.64. The number of anilines is 1. The van der Waals surface area contributed by atoms with E-state index in [1.807, 2.05) is 45.9 Å². The predicted octanol–water partition coefficient (Wildman–Crippen LogP) is 2.65. The fraction of sp³-hybridized carbons (Fsp3) is 0.333. The van der Waals surface area contributed by atoms with Crippen molar-refractivity contribution in [2.24, 2.45) is 0 Å². The van der Waals surface area contributed by atoms with Gasteiger partial charge in [-0.25, -0.2) is 9.67 Å². The number of amides is 1. The Bertz CT molecular complexity index is 1080. The van der Waals surface area contributed by atoms with Gasteiger partial charge in [-0.1, -0.05) is 19.1 Å². The van der Waals surface area contributed by atoms with Gasteiger partial charge in [0.1, 0.15) is 12.3 Å². The molecule has 0 radical (unpaired) electrons. The zero-order valence-electron chi connectivity index (χ0n) is 17.1. The molecule has 0 atom stereocenters. The van der Waals surface area contributed by atoms with Crippen molar-refractivity contribution in [1.29, 1.82) is 0 Å². The van der Waals surface area contributed by atoms with Gasteiger partial charge in [0.05, 0.1) is 18.0 Å². The van der Waals surface area contributed by atoms with Crippen LogP contribution >= 0.6 is 0 Å². The van der Waals surface area contributed by atoms with Crippen LogP contribution in [0.2, 0.25) is 0 Å². The van der Waals surface area contributed by atoms with Gasteiger partial charge < -0.3 is 10.1 Å². The molecule has 3 aromatic rings. The molecule has 152 valence electrons. The first-order valence-electron chi connectivity index (χ1n) is 9.59. The maximum Gasteiger partial charge on any atom is 0.255 e. The number of ether oxygens (including phenoxy) is 1. The number of aromatic nitrogens is 4. The molecule has 0 aliphatic carbocycles. The third kappa shape index (κ3) is 4.53. The SMILES string of the molecule is CCOc1ccccc1NC(=O)Cn1c(-n2nc(C)cc2C)nc(CC)cc1=O. The number of para-hydroxylation sites is 2. The molecule has 1 aromatic carbocycles. The van der Waals surface area contributed by atoms with Crippen molar-refractivity contribution in [2.45, 2.75) is 40.7 Å². The maximum atomic E-state index is 12.7. The number of carbonyl (C=O) groups excluding carboxylic acids is 1. The maximum absolute atomic E-state index is 12.7. The smallest absolute Gasteiger partial charge is 0.255 e. The molecule has 29 heavy (non-hydrogen) atoms. The molecule has 0 saturated heterocycles. The molecule has 8 nitrogen and oxygen atoms in total. The molecule has 0 unspecified atom stereocenters. The first kappa shape index (κ1) is 20.3. The molecular formula is C21H25N5O3. The van der Waals surface area contributed by atoms with Gasteiger partial charge in [0.15, 0.2) is 0 Å². The summed E-state index contributed by atoms with van der Waals surface area (Å²) in [7, 11) is 0. The first-order chi connectivity index (χ1) is 13.9. The van der Waals surface area contributed by atoms with Gasteiger partial charge in [0, 0.05) is 17.5 Å². The average molecular weight is 395 g/mol. The summed E-state index contributed by atoms with van der Waals surface area (Å²) in [4.78, 5) is 30.0. The average Bonchev–Trinajstić information content (AvgIpc) is 3.03. The molecule has 1 N–H and O–H groups in total. The summed E-state index contributed by atoms with van der Waals surface area (Å²) >= 11 is 0. The number of nitrogens with one attached hydrogen (secondary N) is 1. The Hall–Kier alpha value is -3.42. The highest BCUT2D eigenvalue weighted by Gasteiger charge is 2.17. The minimum absolute atomic E-state index is 0.191. The predicted molar refractivity (Wildman–Crippen MR) is 111 cm³/mol. The van der Waals surface area contributed by atoms with Crippen LogP contribution in [0, 0.1) is 13.8 Å². The van der Waals surface area contributed by atoms with Crippen molar-refractivity contribution in [3.8, 4) is 11.7 Å². The monoisotopic (exact) mass is 395 g/mol. The topological polar surface area (TPSA) is 91.0 Å². The Kier molecular flexibility index (Phi) is 6.11. The number of hydrogen-bond acceptors (Lipinski definition) is 5. The van der Waals surface area contributed by atoms with E-state index in [1.54, 1.807) is 16.8 Å². The van der Waals surface area contributed by atoms with E-state index in [0.717, 1.165) is 11.4 Å². The minimum atomic E-state index is -0.354. The number of hydrogen-bond donors (Lipinski definition) is 1. The Morgan fingerprint density at radius 1 is 1.17 bits per heavy atom. The largest absolute Gasteiger partial charge is 0.492 e. The molecular weight excluding hydrogens is 370 g/mol. The Balaban J connectivity index is 1.96. The molecule has 0 saturated carbocycles. The fourth-order valence-corrected chi connectivity index (χ4v) is 3.05. The molecule has 0 bridgehead atoms. The van der Waals surface area contributed by atoms with Crippen LogP contribution in [0.15, 0.2) is 41.2 Å². The summed E-state index contributed by atoms with van der Waals surface area (Å²) in [6.45, 7) is 7.84. The van der Waals surface area contributed by atoms with Crippen LogP contribution in [-0.2, 0) is 17.8 Å². The molecule has 3 rings (SSSR count). The van der Waals surface area contributed by atoms with Crippen LogP contribution < -0.4 is 15.6 Å². The Morgan fingerprint density at radius 3 is 2.59 bits per heavy atom. The van der Waals surface area contributed by atoms with Crippen molar-refractivity contribution >= 4 is 11.6 Å². The summed E-state index contributed by atoms with van der Waals surface area (Å²) in [5, 5.41) is 7.25. The van der Waals surface area contributed by atoms with Crippen molar-refractivity contribution in [3.63, 3.8) is 0 Å². The van der Waals surface area contributed by atoms with Crippen molar-refractivity contribution < 1.29 is 9.53 Å². The van der Waals surface area contributed by atoms with E-state index in [9.17, 15) is 9.59 Å². The third-order valence-electron chi connectivity index (χ3n) is 4.37. The highest BCUT2D eigenvalue weighted by Crippen LogP contribution is 2.23. The summed E-state index contributed by atoms with van der Waals surface area (Å²) in [5.41, 5.74) is 2.54. The highest BCUT2D eigenvalue weighted by atomic mass is 16.5. The van der Waals surface area contributed by atoms with Gasteiger partial charge >= 0.3 is 0 Å². The lowest BCUT2D eigenvalue weighted by Gasteiger charge is -2.15. The summed E-state index contributed by atoms with van der Waals surface area (Å²) in [6.07, 6.45) is 0.607. The van der Waals surface area contributed by atoms with Crippen LogP contribution in [-0.4, -0.2) is 31.8 Å². The number of rotatable bonds is 7. The lowest BCUT2D eigenvalue weighted by Crippen LogP contribution is -2.32. The van der Waals surface area contributed by atoms with Crippen molar-refractivity contribution in [3.05, 3.63) is 63.8 Å². The van der Waals surface area contributed by atoms with E-state index < -0.39 is 0 Å². The molecule has 8 heteroatoms. The minimum Gasteiger partial charge on any atom is -0.492 e. The summed E-state index contributed by atoms with van der Waals surface area (Å²) in [6, 6.07) is 10.5. The van der Waals surface area contributed by atoms with E-state index in [0.29, 0.717) is 36.1 Å². The van der Waals surface area contributed by atoms with Gasteiger partial charge in [-0.05, 0) is 45.4 Å². The first-order valence-corrected chi connectivity index (χ1v) is 9.59. The number of nitrogens with zero attached hydrogens (tertiary/aromatic N) is 4. The van der Waals surface area contributed by atoms with Crippen LogP contribution in [0.25, 0.3) is 5.95 Å². The summed E-state index contributed by atoms with van der Waals surface area (Å²) < 4.78 is 8.47. The highest BCUT2D eigenvalue weighted by molar-refractivity contribution is 5.92. The molecule has 1 amide bonds. The van der Waals surface area contributed by atoms with Gasteiger partial charge in [0.2, 0.25) is 11.9 Å². The quantitative estimate of drug-likeness (QED) is 0.664. The fourth-order valence-electron chi connectivity index (χ4n) is 3.05. The number of aryl methyl sites for hydroxylation is 3. The molecule has 0 spiro atoms. The van der Waals surface area contributed by atoms with Crippen LogP contribution in [0.4, 0.5) is 5.69 Å². The number of carbonyl (C=O) groups is 1. The molecule has 0 aliphatic heterocycles. The zero-order valence-corrected chi connectivity index (χ0v) is 17.1. The molecule has 0 aliphatic rings.